The number of hydrogen-bond donors (Lipinski definition) is 2. The van der Waals surface area contributed by atoms with E-state index in [0.717, 1.165) is 12.8 Å². The number of hydrogen-bond acceptors (Lipinski definition) is 2. The summed E-state index contributed by atoms with van der Waals surface area (Å²) in [5.41, 5.74) is -0.715. The average Bonchev–Trinajstić information content (AvgIpc) is 2.14. The molecule has 0 aliphatic heterocycles. The largest absolute Gasteiger partial charge is 0.401 e. The Kier molecular flexibility index (Phi) is 4.00. The Morgan fingerprint density at radius 2 is 2.13 bits per heavy atom. The summed E-state index contributed by atoms with van der Waals surface area (Å²) in [4.78, 5) is 0. The van der Waals surface area contributed by atoms with Crippen LogP contribution < -0.4 is 5.32 Å². The molecule has 0 bridgehead atoms. The molecule has 1 aliphatic rings. The fourth-order valence-corrected chi connectivity index (χ4v) is 2.31. The molecular weight excluding hydrogens is 207 g/mol. The first-order valence-corrected chi connectivity index (χ1v) is 5.29. The van der Waals surface area contributed by atoms with Crippen LogP contribution in [0.2, 0.25) is 0 Å². The quantitative estimate of drug-likeness (QED) is 0.770. The standard InChI is InChI=1S/C10H18F3NO/c1-8-3-2-4-9(5-8,7-15)14-6-10(11,12)13/h8,14-15H,2-7H2,1H3. The molecule has 0 amide bonds. The van der Waals surface area contributed by atoms with E-state index in [1.807, 2.05) is 6.92 Å². The van der Waals surface area contributed by atoms with Crippen molar-refractivity contribution in [2.24, 2.45) is 5.92 Å². The van der Waals surface area contributed by atoms with Crippen LogP contribution in [0.15, 0.2) is 0 Å². The maximum Gasteiger partial charge on any atom is 0.401 e. The van der Waals surface area contributed by atoms with E-state index in [1.165, 1.54) is 0 Å². The normalized spacial score (nSPS) is 33.0. The first-order chi connectivity index (χ1) is 6.87. The van der Waals surface area contributed by atoms with Gasteiger partial charge >= 0.3 is 6.18 Å². The zero-order chi connectivity index (χ0) is 11.5. The van der Waals surface area contributed by atoms with Crippen LogP contribution in [0.25, 0.3) is 0 Å². The van der Waals surface area contributed by atoms with Crippen molar-refractivity contribution >= 4 is 0 Å². The van der Waals surface area contributed by atoms with Crippen LogP contribution in [-0.4, -0.2) is 30.0 Å². The van der Waals surface area contributed by atoms with Gasteiger partial charge in [-0.2, -0.15) is 13.2 Å². The predicted molar refractivity (Wildman–Crippen MR) is 51.5 cm³/mol. The first-order valence-electron chi connectivity index (χ1n) is 5.29. The third-order valence-electron chi connectivity index (χ3n) is 3.06. The topological polar surface area (TPSA) is 32.3 Å². The van der Waals surface area contributed by atoms with Gasteiger partial charge in [0.15, 0.2) is 0 Å². The van der Waals surface area contributed by atoms with Crippen LogP contribution in [0.4, 0.5) is 13.2 Å². The molecule has 2 atom stereocenters. The lowest BCUT2D eigenvalue weighted by atomic mass is 9.77. The molecule has 2 N–H and O–H groups in total. The van der Waals surface area contributed by atoms with Crippen molar-refractivity contribution in [2.45, 2.75) is 44.3 Å². The first kappa shape index (κ1) is 12.8. The van der Waals surface area contributed by atoms with E-state index in [4.69, 9.17) is 0 Å². The Morgan fingerprint density at radius 1 is 1.47 bits per heavy atom. The van der Waals surface area contributed by atoms with Crippen molar-refractivity contribution in [3.05, 3.63) is 0 Å². The average molecular weight is 225 g/mol. The van der Waals surface area contributed by atoms with E-state index >= 15 is 0 Å². The van der Waals surface area contributed by atoms with Crippen LogP contribution in [0.5, 0.6) is 0 Å². The summed E-state index contributed by atoms with van der Waals surface area (Å²) in [6.07, 6.45) is -1.03. The van der Waals surface area contributed by atoms with Crippen molar-refractivity contribution in [3.8, 4) is 0 Å². The van der Waals surface area contributed by atoms with Crippen LogP contribution >= 0.6 is 0 Å². The van der Waals surface area contributed by atoms with Crippen LogP contribution in [0.3, 0.4) is 0 Å². The Hall–Kier alpha value is -0.290. The number of rotatable bonds is 3. The lowest BCUT2D eigenvalue weighted by Crippen LogP contribution is -2.54. The zero-order valence-electron chi connectivity index (χ0n) is 8.90. The van der Waals surface area contributed by atoms with Crippen LogP contribution in [0.1, 0.15) is 32.6 Å². The fraction of sp³-hybridized carbons (Fsp3) is 1.00. The third-order valence-corrected chi connectivity index (χ3v) is 3.06. The highest BCUT2D eigenvalue weighted by Crippen LogP contribution is 2.32. The highest BCUT2D eigenvalue weighted by molar-refractivity contribution is 4.92. The fourth-order valence-electron chi connectivity index (χ4n) is 2.31. The number of nitrogens with one attached hydrogen (secondary N) is 1. The molecule has 0 saturated heterocycles. The molecule has 1 rings (SSSR count). The van der Waals surface area contributed by atoms with E-state index in [2.05, 4.69) is 5.32 Å². The molecule has 1 aliphatic carbocycles. The minimum absolute atomic E-state index is 0.215. The Morgan fingerprint density at radius 3 is 2.60 bits per heavy atom. The van der Waals surface area contributed by atoms with Gasteiger partial charge in [-0.15, -0.1) is 0 Å². The van der Waals surface area contributed by atoms with Gasteiger partial charge in [0.05, 0.1) is 13.2 Å². The Bertz CT molecular complexity index is 207. The Labute approximate surface area is 87.9 Å². The molecule has 0 radical (unpaired) electrons. The van der Waals surface area contributed by atoms with Crippen molar-refractivity contribution in [2.75, 3.05) is 13.2 Å². The molecule has 1 saturated carbocycles. The molecule has 0 aromatic heterocycles. The molecule has 5 heteroatoms. The van der Waals surface area contributed by atoms with Crippen molar-refractivity contribution < 1.29 is 18.3 Å². The van der Waals surface area contributed by atoms with Gasteiger partial charge in [0.1, 0.15) is 0 Å². The number of alkyl halides is 3. The second-order valence-electron chi connectivity index (χ2n) is 4.61. The van der Waals surface area contributed by atoms with Crippen molar-refractivity contribution in [3.63, 3.8) is 0 Å². The van der Waals surface area contributed by atoms with E-state index < -0.39 is 18.3 Å². The molecule has 0 aromatic carbocycles. The van der Waals surface area contributed by atoms with E-state index in [1.54, 1.807) is 0 Å². The molecule has 90 valence electrons. The molecule has 0 heterocycles. The van der Waals surface area contributed by atoms with Crippen molar-refractivity contribution in [1.29, 1.82) is 0 Å². The number of halogens is 3. The summed E-state index contributed by atoms with van der Waals surface area (Å²) in [5, 5.41) is 11.7. The summed E-state index contributed by atoms with van der Waals surface area (Å²) < 4.78 is 36.2. The zero-order valence-corrected chi connectivity index (χ0v) is 8.90. The van der Waals surface area contributed by atoms with Gasteiger partial charge in [0.2, 0.25) is 0 Å². The summed E-state index contributed by atoms with van der Waals surface area (Å²) in [6.45, 7) is 0.784. The lowest BCUT2D eigenvalue weighted by molar-refractivity contribution is -0.131. The number of aliphatic hydroxyl groups excluding tert-OH is 1. The van der Waals surface area contributed by atoms with Gasteiger partial charge in [0.25, 0.3) is 0 Å². The molecule has 2 unspecified atom stereocenters. The Balaban J connectivity index is 2.52. The SMILES string of the molecule is CC1CCCC(CO)(NCC(F)(F)F)C1. The highest BCUT2D eigenvalue weighted by Gasteiger charge is 2.37. The minimum Gasteiger partial charge on any atom is -0.394 e. The predicted octanol–water partition coefficient (Wildman–Crippen LogP) is 2.08. The number of aliphatic hydroxyl groups is 1. The maximum absolute atomic E-state index is 12.1. The summed E-state index contributed by atoms with van der Waals surface area (Å²) in [5.74, 6) is 0.381. The smallest absolute Gasteiger partial charge is 0.394 e. The van der Waals surface area contributed by atoms with Gasteiger partial charge in [-0.1, -0.05) is 19.8 Å². The third kappa shape index (κ3) is 3.99. The summed E-state index contributed by atoms with van der Waals surface area (Å²) in [7, 11) is 0. The molecule has 0 spiro atoms. The molecule has 0 aromatic rings. The van der Waals surface area contributed by atoms with Gasteiger partial charge in [-0.05, 0) is 18.8 Å². The van der Waals surface area contributed by atoms with E-state index in [9.17, 15) is 18.3 Å². The van der Waals surface area contributed by atoms with E-state index in [0.29, 0.717) is 18.8 Å². The molecular formula is C10H18F3NO. The monoisotopic (exact) mass is 225 g/mol. The minimum atomic E-state index is -4.21. The second-order valence-corrected chi connectivity index (χ2v) is 4.61. The highest BCUT2D eigenvalue weighted by atomic mass is 19.4. The second kappa shape index (κ2) is 4.70. The maximum atomic E-state index is 12.1. The van der Waals surface area contributed by atoms with Gasteiger partial charge in [0, 0.05) is 5.54 Å². The van der Waals surface area contributed by atoms with Gasteiger partial charge in [-0.25, -0.2) is 0 Å². The van der Waals surface area contributed by atoms with Crippen LogP contribution in [0, 0.1) is 5.92 Å². The van der Waals surface area contributed by atoms with Crippen LogP contribution in [-0.2, 0) is 0 Å². The summed E-state index contributed by atoms with van der Waals surface area (Å²) in [6, 6.07) is 0. The molecule has 15 heavy (non-hydrogen) atoms. The van der Waals surface area contributed by atoms with Gasteiger partial charge < -0.3 is 10.4 Å². The lowest BCUT2D eigenvalue weighted by Gasteiger charge is -2.39. The summed E-state index contributed by atoms with van der Waals surface area (Å²) >= 11 is 0. The van der Waals surface area contributed by atoms with Gasteiger partial charge in [-0.3, -0.25) is 0 Å². The molecule has 2 nitrogen and oxygen atoms in total. The molecule has 1 fully saturated rings. The van der Waals surface area contributed by atoms with E-state index in [-0.39, 0.29) is 6.61 Å². The van der Waals surface area contributed by atoms with Crippen molar-refractivity contribution in [1.82, 2.24) is 5.32 Å².